The van der Waals surface area contributed by atoms with Gasteiger partial charge in [0, 0.05) is 11.1 Å². The minimum absolute atomic E-state index is 0.117. The third-order valence-corrected chi connectivity index (χ3v) is 7.26. The molecule has 0 saturated carbocycles. The number of halogens is 1. The van der Waals surface area contributed by atoms with E-state index in [-0.39, 0.29) is 23.2 Å². The summed E-state index contributed by atoms with van der Waals surface area (Å²) in [6.07, 6.45) is 3.35. The fraction of sp³-hybridized carbons (Fsp3) is 0.111. The molecule has 2 aliphatic rings. The van der Waals surface area contributed by atoms with Gasteiger partial charge in [-0.15, -0.1) is 0 Å². The molecule has 0 fully saturated rings. The van der Waals surface area contributed by atoms with Crippen molar-refractivity contribution < 1.29 is 9.50 Å². The Morgan fingerprint density at radius 1 is 1.00 bits per heavy atom. The van der Waals surface area contributed by atoms with Crippen molar-refractivity contribution in [3.05, 3.63) is 126 Å². The van der Waals surface area contributed by atoms with Gasteiger partial charge in [-0.2, -0.15) is 0 Å². The number of phenolic OH excluding ortho intramolecular Hbond substituents is 1. The molecule has 0 radical (unpaired) electrons. The van der Waals surface area contributed by atoms with Crippen LogP contribution in [0.3, 0.4) is 0 Å². The highest BCUT2D eigenvalue weighted by molar-refractivity contribution is 7.07. The summed E-state index contributed by atoms with van der Waals surface area (Å²) >= 11 is 1.31. The molecule has 3 aromatic carbocycles. The van der Waals surface area contributed by atoms with E-state index in [1.54, 1.807) is 41.0 Å². The lowest BCUT2D eigenvalue weighted by Gasteiger charge is -2.30. The van der Waals surface area contributed by atoms with Gasteiger partial charge in [0.2, 0.25) is 0 Å². The van der Waals surface area contributed by atoms with Crippen LogP contribution in [0.1, 0.15) is 34.7 Å². The fourth-order valence-corrected chi connectivity index (χ4v) is 5.71. The number of para-hydroxylation sites is 1. The van der Waals surface area contributed by atoms with Crippen molar-refractivity contribution in [2.24, 2.45) is 4.99 Å². The van der Waals surface area contributed by atoms with Gasteiger partial charge in [-0.25, -0.2) is 9.38 Å². The maximum atomic E-state index is 13.7. The molecule has 4 aromatic rings. The van der Waals surface area contributed by atoms with Crippen LogP contribution in [-0.4, -0.2) is 9.67 Å². The summed E-state index contributed by atoms with van der Waals surface area (Å²) in [5.74, 6) is -0.194. The van der Waals surface area contributed by atoms with E-state index in [2.05, 4.69) is 12.1 Å². The van der Waals surface area contributed by atoms with Gasteiger partial charge in [0.15, 0.2) is 4.80 Å². The van der Waals surface area contributed by atoms with Crippen molar-refractivity contribution in [3.8, 4) is 5.75 Å². The van der Waals surface area contributed by atoms with Crippen LogP contribution in [0, 0.1) is 5.82 Å². The summed E-state index contributed by atoms with van der Waals surface area (Å²) in [5, 5.41) is 10.2. The fourth-order valence-electron chi connectivity index (χ4n) is 4.72. The van der Waals surface area contributed by atoms with Crippen LogP contribution in [0.2, 0.25) is 0 Å². The van der Waals surface area contributed by atoms with Crippen LogP contribution >= 0.6 is 11.3 Å². The highest BCUT2D eigenvalue weighted by Gasteiger charge is 2.32. The van der Waals surface area contributed by atoms with Crippen molar-refractivity contribution in [1.29, 1.82) is 0 Å². The van der Waals surface area contributed by atoms with Crippen LogP contribution in [0.5, 0.6) is 5.75 Å². The molecule has 1 atom stereocenters. The lowest BCUT2D eigenvalue weighted by molar-refractivity contribution is 0.474. The van der Waals surface area contributed by atoms with Crippen molar-refractivity contribution in [2.75, 3.05) is 0 Å². The second-order valence-corrected chi connectivity index (χ2v) is 9.23. The average molecular weight is 455 g/mol. The summed E-state index contributed by atoms with van der Waals surface area (Å²) in [5.41, 5.74) is 5.57. The molecule has 1 aliphatic carbocycles. The van der Waals surface area contributed by atoms with E-state index in [0.717, 1.165) is 35.2 Å². The summed E-state index contributed by atoms with van der Waals surface area (Å²) in [4.78, 5) is 19.2. The Hall–Kier alpha value is -3.77. The number of hydrogen-bond acceptors (Lipinski definition) is 4. The lowest BCUT2D eigenvalue weighted by atomic mass is 9.83. The first-order valence-corrected chi connectivity index (χ1v) is 11.6. The quantitative estimate of drug-likeness (QED) is 0.495. The van der Waals surface area contributed by atoms with E-state index in [4.69, 9.17) is 4.99 Å². The Labute approximate surface area is 192 Å². The number of benzene rings is 3. The van der Waals surface area contributed by atoms with E-state index >= 15 is 0 Å². The van der Waals surface area contributed by atoms with Crippen LogP contribution in [0.15, 0.2) is 88.2 Å². The minimum Gasteiger partial charge on any atom is -0.507 e. The van der Waals surface area contributed by atoms with Crippen molar-refractivity contribution >= 4 is 23.1 Å². The van der Waals surface area contributed by atoms with E-state index in [0.29, 0.717) is 14.9 Å². The second-order valence-electron chi connectivity index (χ2n) is 8.22. The van der Waals surface area contributed by atoms with Gasteiger partial charge in [0.05, 0.1) is 16.3 Å². The Balaban J connectivity index is 1.64. The monoisotopic (exact) mass is 454 g/mol. The molecule has 33 heavy (non-hydrogen) atoms. The third kappa shape index (κ3) is 3.26. The molecule has 0 spiro atoms. The van der Waals surface area contributed by atoms with Crippen molar-refractivity contribution in [3.63, 3.8) is 0 Å². The number of aromatic hydroxyl groups is 1. The highest BCUT2D eigenvalue weighted by atomic mass is 32.1. The number of allylic oxidation sites excluding steroid dienone is 1. The van der Waals surface area contributed by atoms with Crippen LogP contribution in [0.25, 0.3) is 11.8 Å². The number of phenols is 1. The predicted molar refractivity (Wildman–Crippen MR) is 127 cm³/mol. The number of nitrogens with zero attached hydrogens (tertiary/aromatic N) is 2. The molecule has 162 valence electrons. The number of aromatic nitrogens is 1. The standard InChI is InChI=1S/C27H19FN2O2S/c28-19-12-9-17(10-13-19)25-21-14-11-16-5-1-3-7-20(16)24(21)29-27-30(25)26(32)23(33-27)15-18-6-2-4-8-22(18)31/h1-10,12-13,15,25,31H,11,14H2/b23-15-/t25-/m1/s1. The molecular weight excluding hydrogens is 435 g/mol. The molecule has 1 aliphatic heterocycles. The van der Waals surface area contributed by atoms with Gasteiger partial charge in [0.1, 0.15) is 11.6 Å². The topological polar surface area (TPSA) is 54.6 Å². The summed E-state index contributed by atoms with van der Waals surface area (Å²) in [6.45, 7) is 0. The van der Waals surface area contributed by atoms with E-state index < -0.39 is 0 Å². The number of thiazole rings is 1. The van der Waals surface area contributed by atoms with Gasteiger partial charge < -0.3 is 5.11 Å². The Morgan fingerprint density at radius 2 is 1.76 bits per heavy atom. The molecule has 0 bridgehead atoms. The second kappa shape index (κ2) is 7.67. The first-order chi connectivity index (χ1) is 16.1. The van der Waals surface area contributed by atoms with Gasteiger partial charge in [-0.3, -0.25) is 9.36 Å². The molecule has 0 amide bonds. The van der Waals surface area contributed by atoms with Crippen LogP contribution < -0.4 is 14.9 Å². The zero-order valence-electron chi connectivity index (χ0n) is 17.5. The summed E-state index contributed by atoms with van der Waals surface area (Å²) in [7, 11) is 0. The average Bonchev–Trinajstić information content (AvgIpc) is 3.14. The Morgan fingerprint density at radius 3 is 2.58 bits per heavy atom. The normalized spacial score (nSPS) is 17.2. The smallest absolute Gasteiger partial charge is 0.271 e. The number of fused-ring (bicyclic) bond motifs is 3. The first-order valence-electron chi connectivity index (χ1n) is 10.8. The zero-order valence-corrected chi connectivity index (χ0v) is 18.3. The predicted octanol–water partition coefficient (Wildman–Crippen LogP) is 4.16. The summed E-state index contributed by atoms with van der Waals surface area (Å²) in [6, 6.07) is 21.2. The lowest BCUT2D eigenvalue weighted by Crippen LogP contribution is -2.38. The Bertz CT molecular complexity index is 1610. The number of hydrogen-bond donors (Lipinski definition) is 1. The SMILES string of the molecule is O=c1/c(=C/c2ccccc2O)sc2n1[C@H](c1ccc(F)cc1)C1=C(N=2)c2ccccc2CC1. The molecular formula is C27H19FN2O2S. The molecule has 2 heterocycles. The number of aryl methyl sites for hydroxylation is 1. The molecule has 1 aromatic heterocycles. The van der Waals surface area contributed by atoms with Crippen molar-refractivity contribution in [2.45, 2.75) is 18.9 Å². The maximum absolute atomic E-state index is 13.7. The zero-order chi connectivity index (χ0) is 22.5. The van der Waals surface area contributed by atoms with Gasteiger partial charge in [0.25, 0.3) is 5.56 Å². The number of rotatable bonds is 2. The third-order valence-electron chi connectivity index (χ3n) is 6.28. The van der Waals surface area contributed by atoms with E-state index in [9.17, 15) is 14.3 Å². The minimum atomic E-state index is -0.350. The van der Waals surface area contributed by atoms with Gasteiger partial charge in [-0.05, 0) is 53.8 Å². The molecule has 6 heteroatoms. The van der Waals surface area contributed by atoms with Crippen LogP contribution in [-0.2, 0) is 6.42 Å². The van der Waals surface area contributed by atoms with E-state index in [1.807, 2.05) is 18.2 Å². The molecule has 6 rings (SSSR count). The molecule has 4 nitrogen and oxygen atoms in total. The van der Waals surface area contributed by atoms with E-state index in [1.165, 1.54) is 29.0 Å². The molecule has 0 saturated heterocycles. The van der Waals surface area contributed by atoms with Gasteiger partial charge in [-0.1, -0.05) is 65.9 Å². The Kier molecular flexibility index (Phi) is 4.62. The maximum Gasteiger partial charge on any atom is 0.271 e. The first kappa shape index (κ1) is 19.9. The summed E-state index contributed by atoms with van der Waals surface area (Å²) < 4.78 is 15.9. The van der Waals surface area contributed by atoms with Gasteiger partial charge >= 0.3 is 0 Å². The largest absolute Gasteiger partial charge is 0.507 e. The molecule has 0 unspecified atom stereocenters. The molecule has 1 N–H and O–H groups in total. The van der Waals surface area contributed by atoms with Crippen molar-refractivity contribution in [1.82, 2.24) is 4.57 Å². The highest BCUT2D eigenvalue weighted by Crippen LogP contribution is 2.41. The van der Waals surface area contributed by atoms with Crippen LogP contribution in [0.4, 0.5) is 4.39 Å².